The number of likely N-dealkylation sites (tertiary alicyclic amines) is 2. The van der Waals surface area contributed by atoms with Crippen molar-refractivity contribution in [3.8, 4) is 5.69 Å². The van der Waals surface area contributed by atoms with Crippen molar-refractivity contribution in [2.75, 3.05) is 19.6 Å². The summed E-state index contributed by atoms with van der Waals surface area (Å²) in [5.41, 5.74) is 0.500. The quantitative estimate of drug-likeness (QED) is 0.697. The molecule has 1 unspecified atom stereocenters. The molecule has 0 saturated carbocycles. The van der Waals surface area contributed by atoms with Crippen LogP contribution in [-0.2, 0) is 21.4 Å². The number of hydrogen-bond donors (Lipinski definition) is 0. The summed E-state index contributed by atoms with van der Waals surface area (Å²) in [6.07, 6.45) is 1.91. The predicted molar refractivity (Wildman–Crippen MR) is 103 cm³/mol. The van der Waals surface area contributed by atoms with Crippen LogP contribution in [0, 0.1) is 0 Å². The van der Waals surface area contributed by atoms with E-state index in [1.54, 1.807) is 16.5 Å². The molecular formula is C20H23N5O4. The molecule has 2 fully saturated rings. The number of piperidine rings is 1. The van der Waals surface area contributed by atoms with Crippen molar-refractivity contribution in [1.29, 1.82) is 0 Å². The molecule has 0 N–H and O–H groups in total. The average molecular weight is 397 g/mol. The molecule has 0 bridgehead atoms. The fourth-order valence-corrected chi connectivity index (χ4v) is 4.02. The van der Waals surface area contributed by atoms with Crippen molar-refractivity contribution in [2.24, 2.45) is 7.05 Å². The lowest BCUT2D eigenvalue weighted by molar-refractivity contribution is -0.146. The Morgan fingerprint density at radius 1 is 1.10 bits per heavy atom. The molecule has 1 aromatic heterocycles. The van der Waals surface area contributed by atoms with E-state index in [-0.39, 0.29) is 48.7 Å². The minimum absolute atomic E-state index is 0.105. The maximum Gasteiger partial charge on any atom is 0.350 e. The number of aryl methyl sites for hydroxylation is 1. The molecule has 4 rings (SSSR count). The van der Waals surface area contributed by atoms with E-state index in [1.807, 2.05) is 30.3 Å². The van der Waals surface area contributed by atoms with Crippen molar-refractivity contribution >= 4 is 17.7 Å². The fraction of sp³-hybridized carbons (Fsp3) is 0.450. The molecule has 29 heavy (non-hydrogen) atoms. The van der Waals surface area contributed by atoms with Crippen molar-refractivity contribution < 1.29 is 14.4 Å². The number of benzene rings is 1. The van der Waals surface area contributed by atoms with Crippen LogP contribution in [-0.4, -0.2) is 61.5 Å². The average Bonchev–Trinajstić information content (AvgIpc) is 3.22. The number of carbonyl (C=O) groups is 3. The molecule has 2 aromatic rings. The van der Waals surface area contributed by atoms with Gasteiger partial charge in [0.25, 0.3) is 0 Å². The molecule has 9 nitrogen and oxygen atoms in total. The lowest BCUT2D eigenvalue weighted by atomic mass is 9.97. The van der Waals surface area contributed by atoms with Crippen LogP contribution >= 0.6 is 0 Å². The lowest BCUT2D eigenvalue weighted by Crippen LogP contribution is -2.46. The number of hydrogen-bond acceptors (Lipinski definition) is 5. The summed E-state index contributed by atoms with van der Waals surface area (Å²) in [4.78, 5) is 51.7. The first kappa shape index (κ1) is 19.1. The normalized spacial score (nSPS) is 19.8. The van der Waals surface area contributed by atoms with Crippen molar-refractivity contribution in [3.63, 3.8) is 0 Å². The minimum Gasteiger partial charge on any atom is -0.340 e. The topological polar surface area (TPSA) is 97.5 Å². The molecule has 1 aromatic carbocycles. The smallest absolute Gasteiger partial charge is 0.340 e. The van der Waals surface area contributed by atoms with Gasteiger partial charge in [0.05, 0.1) is 5.69 Å². The van der Waals surface area contributed by atoms with Gasteiger partial charge in [0.15, 0.2) is 0 Å². The Labute approximate surface area is 167 Å². The van der Waals surface area contributed by atoms with Gasteiger partial charge in [0.1, 0.15) is 12.4 Å². The maximum atomic E-state index is 12.7. The highest BCUT2D eigenvalue weighted by molar-refractivity contribution is 6.04. The number of rotatable bonds is 4. The zero-order valence-electron chi connectivity index (χ0n) is 16.3. The highest BCUT2D eigenvalue weighted by Gasteiger charge is 2.34. The third-order valence-electron chi connectivity index (χ3n) is 5.55. The van der Waals surface area contributed by atoms with Crippen LogP contribution in [0.4, 0.5) is 0 Å². The summed E-state index contributed by atoms with van der Waals surface area (Å²) < 4.78 is 2.90. The van der Waals surface area contributed by atoms with E-state index in [0.29, 0.717) is 18.9 Å². The maximum absolute atomic E-state index is 12.7. The molecule has 1 atom stereocenters. The van der Waals surface area contributed by atoms with Crippen LogP contribution in [0.5, 0.6) is 0 Å². The van der Waals surface area contributed by atoms with Gasteiger partial charge >= 0.3 is 5.69 Å². The van der Waals surface area contributed by atoms with E-state index < -0.39 is 0 Å². The third kappa shape index (κ3) is 3.59. The molecular weight excluding hydrogens is 374 g/mol. The SMILES string of the molecule is Cn1nc(C2CCCN(C(=O)CN3C(=O)CCC3=O)C2)n(-c2ccccc2)c1=O. The lowest BCUT2D eigenvalue weighted by Gasteiger charge is -2.33. The first-order valence-corrected chi connectivity index (χ1v) is 9.78. The molecule has 0 spiro atoms. The monoisotopic (exact) mass is 397 g/mol. The Hall–Kier alpha value is -3.23. The van der Waals surface area contributed by atoms with Crippen LogP contribution in [0.25, 0.3) is 5.69 Å². The Bertz CT molecular complexity index is 994. The first-order chi connectivity index (χ1) is 14.0. The summed E-state index contributed by atoms with van der Waals surface area (Å²) in [5.74, 6) is -0.316. The highest BCUT2D eigenvalue weighted by Crippen LogP contribution is 2.27. The summed E-state index contributed by atoms with van der Waals surface area (Å²) >= 11 is 0. The summed E-state index contributed by atoms with van der Waals surface area (Å²) in [7, 11) is 1.61. The van der Waals surface area contributed by atoms with E-state index >= 15 is 0 Å². The van der Waals surface area contributed by atoms with E-state index in [9.17, 15) is 19.2 Å². The Morgan fingerprint density at radius 2 is 1.79 bits per heavy atom. The number of carbonyl (C=O) groups excluding carboxylic acids is 3. The summed E-state index contributed by atoms with van der Waals surface area (Å²) in [6.45, 7) is 0.754. The van der Waals surface area contributed by atoms with E-state index in [4.69, 9.17) is 0 Å². The molecule has 2 aliphatic heterocycles. The Morgan fingerprint density at radius 3 is 2.48 bits per heavy atom. The molecule has 152 valence electrons. The van der Waals surface area contributed by atoms with E-state index in [0.717, 1.165) is 23.4 Å². The second-order valence-electron chi connectivity index (χ2n) is 7.49. The summed E-state index contributed by atoms with van der Waals surface area (Å²) in [6, 6.07) is 9.30. The number of amides is 3. The van der Waals surface area contributed by atoms with Crippen LogP contribution in [0.2, 0.25) is 0 Å². The second kappa shape index (κ2) is 7.65. The highest BCUT2D eigenvalue weighted by atomic mass is 16.2. The van der Waals surface area contributed by atoms with Crippen molar-refractivity contribution in [3.05, 3.63) is 46.6 Å². The van der Waals surface area contributed by atoms with Crippen molar-refractivity contribution in [2.45, 2.75) is 31.6 Å². The van der Waals surface area contributed by atoms with Crippen LogP contribution in [0.3, 0.4) is 0 Å². The molecule has 2 saturated heterocycles. The second-order valence-corrected chi connectivity index (χ2v) is 7.49. The van der Waals surface area contributed by atoms with E-state index in [2.05, 4.69) is 5.10 Å². The fourth-order valence-electron chi connectivity index (χ4n) is 4.02. The van der Waals surface area contributed by atoms with Gasteiger partial charge in [-0.3, -0.25) is 19.3 Å². The molecule has 0 aliphatic carbocycles. The van der Waals surface area contributed by atoms with E-state index in [1.165, 1.54) is 4.68 Å². The van der Waals surface area contributed by atoms with Gasteiger partial charge in [0.2, 0.25) is 17.7 Å². The van der Waals surface area contributed by atoms with Gasteiger partial charge in [0, 0.05) is 38.9 Å². The third-order valence-corrected chi connectivity index (χ3v) is 5.55. The molecule has 9 heteroatoms. The van der Waals surface area contributed by atoms with Gasteiger partial charge in [-0.25, -0.2) is 14.0 Å². The largest absolute Gasteiger partial charge is 0.350 e. The minimum atomic E-state index is -0.292. The number of para-hydroxylation sites is 1. The van der Waals surface area contributed by atoms with Gasteiger partial charge in [-0.2, -0.15) is 5.10 Å². The summed E-state index contributed by atoms with van der Waals surface area (Å²) in [5, 5.41) is 4.44. The number of nitrogens with zero attached hydrogens (tertiary/aromatic N) is 5. The number of imide groups is 1. The molecule has 2 aliphatic rings. The van der Waals surface area contributed by atoms with Crippen LogP contribution in [0.15, 0.2) is 35.1 Å². The molecule has 3 amide bonds. The van der Waals surface area contributed by atoms with Crippen LogP contribution in [0.1, 0.15) is 37.4 Å². The van der Waals surface area contributed by atoms with Crippen LogP contribution < -0.4 is 5.69 Å². The van der Waals surface area contributed by atoms with Gasteiger partial charge in [-0.15, -0.1) is 0 Å². The number of aromatic nitrogens is 3. The first-order valence-electron chi connectivity index (χ1n) is 9.78. The van der Waals surface area contributed by atoms with Gasteiger partial charge in [-0.05, 0) is 25.0 Å². The Balaban J connectivity index is 1.56. The predicted octanol–water partition coefficient (Wildman–Crippen LogP) is 0.426. The zero-order valence-corrected chi connectivity index (χ0v) is 16.3. The molecule has 0 radical (unpaired) electrons. The Kier molecular flexibility index (Phi) is 5.04. The van der Waals surface area contributed by atoms with Crippen molar-refractivity contribution in [1.82, 2.24) is 24.1 Å². The standard InChI is InChI=1S/C20H23N5O4/c1-22-20(29)25(15-7-3-2-4-8-15)19(21-22)14-6-5-11-23(12-14)18(28)13-24-16(26)9-10-17(24)27/h2-4,7-8,14H,5-6,9-13H2,1H3. The molecule has 3 heterocycles. The van der Waals surface area contributed by atoms with Gasteiger partial charge in [-0.1, -0.05) is 18.2 Å². The zero-order chi connectivity index (χ0) is 20.5. The van der Waals surface area contributed by atoms with Gasteiger partial charge < -0.3 is 4.90 Å².